The van der Waals surface area contributed by atoms with Crippen molar-refractivity contribution in [1.29, 1.82) is 0 Å². The first kappa shape index (κ1) is 12.2. The van der Waals surface area contributed by atoms with Gasteiger partial charge >= 0.3 is 0 Å². The van der Waals surface area contributed by atoms with Crippen LogP contribution in [0.5, 0.6) is 0 Å². The summed E-state index contributed by atoms with van der Waals surface area (Å²) >= 11 is 0. The number of rotatable bonds is 1. The highest BCUT2D eigenvalue weighted by molar-refractivity contribution is 5.13. The van der Waals surface area contributed by atoms with Crippen molar-refractivity contribution in [3.63, 3.8) is 0 Å². The minimum absolute atomic E-state index is 0.593. The van der Waals surface area contributed by atoms with Crippen LogP contribution in [0.4, 0.5) is 0 Å². The van der Waals surface area contributed by atoms with Crippen LogP contribution in [0, 0.1) is 0 Å². The van der Waals surface area contributed by atoms with Crippen molar-refractivity contribution >= 4 is 0 Å². The second-order valence-electron chi connectivity index (χ2n) is 3.80. The van der Waals surface area contributed by atoms with Gasteiger partial charge in [-0.05, 0) is 24.9 Å². The van der Waals surface area contributed by atoms with Crippen LogP contribution < -0.4 is 9.88 Å². The molecule has 1 aliphatic rings. The number of pyridine rings is 1. The smallest absolute Gasteiger partial charge is 0.168 e. The van der Waals surface area contributed by atoms with Crippen molar-refractivity contribution in [1.82, 2.24) is 5.32 Å². The lowest BCUT2D eigenvalue weighted by Crippen LogP contribution is -2.30. The van der Waals surface area contributed by atoms with Gasteiger partial charge in [-0.1, -0.05) is 20.3 Å². The van der Waals surface area contributed by atoms with Gasteiger partial charge in [0.05, 0.1) is 0 Å². The highest BCUT2D eigenvalue weighted by Crippen LogP contribution is 2.21. The molecule has 2 nitrogen and oxygen atoms in total. The topological polar surface area (TPSA) is 15.9 Å². The van der Waals surface area contributed by atoms with E-state index < -0.39 is 0 Å². The monoisotopic (exact) mass is 207 g/mol. The lowest BCUT2D eigenvalue weighted by Gasteiger charge is -2.23. The summed E-state index contributed by atoms with van der Waals surface area (Å²) in [6.07, 6.45) is 8.21. The standard InChI is InChI=1S/C11H17N2.C2H6/c1-13-8-5-10(6-9-13)11-4-2-3-7-12-11;1-2/h5-6,8-9,11-12H,2-4,7H2,1H3;1-2H3/q+1;. The molecule has 1 saturated heterocycles. The van der Waals surface area contributed by atoms with E-state index in [1.54, 1.807) is 0 Å². The van der Waals surface area contributed by atoms with E-state index in [2.05, 4.69) is 41.5 Å². The number of aryl methyl sites for hydroxylation is 1. The molecule has 0 radical (unpaired) electrons. The first-order valence-corrected chi connectivity index (χ1v) is 6.05. The Balaban J connectivity index is 0.000000531. The summed E-state index contributed by atoms with van der Waals surface area (Å²) in [5, 5.41) is 3.55. The van der Waals surface area contributed by atoms with E-state index in [0.29, 0.717) is 6.04 Å². The van der Waals surface area contributed by atoms with Gasteiger partial charge in [-0.3, -0.25) is 0 Å². The van der Waals surface area contributed by atoms with Crippen LogP contribution in [0.2, 0.25) is 0 Å². The average molecular weight is 207 g/mol. The van der Waals surface area contributed by atoms with Gasteiger partial charge in [0.15, 0.2) is 12.4 Å². The summed E-state index contributed by atoms with van der Waals surface area (Å²) in [4.78, 5) is 0. The lowest BCUT2D eigenvalue weighted by atomic mass is 9.99. The number of hydrogen-bond donors (Lipinski definition) is 1. The Kier molecular flexibility index (Phi) is 5.33. The molecule has 0 spiro atoms. The fourth-order valence-electron chi connectivity index (χ4n) is 1.88. The Morgan fingerprint density at radius 1 is 1.20 bits per heavy atom. The maximum absolute atomic E-state index is 3.55. The maximum atomic E-state index is 3.55. The van der Waals surface area contributed by atoms with Gasteiger partial charge in [0.2, 0.25) is 0 Å². The van der Waals surface area contributed by atoms with Crippen LogP contribution in [0.3, 0.4) is 0 Å². The number of hydrogen-bond acceptors (Lipinski definition) is 1. The summed E-state index contributed by atoms with van der Waals surface area (Å²) in [5.74, 6) is 0. The quantitative estimate of drug-likeness (QED) is 0.699. The van der Waals surface area contributed by atoms with Crippen molar-refractivity contribution in [3.8, 4) is 0 Å². The van der Waals surface area contributed by atoms with Gasteiger partial charge in [-0.15, -0.1) is 0 Å². The zero-order chi connectivity index (χ0) is 11.1. The third-order valence-corrected chi connectivity index (χ3v) is 2.72. The van der Waals surface area contributed by atoms with Crippen molar-refractivity contribution in [2.75, 3.05) is 6.54 Å². The molecule has 1 aromatic rings. The first-order chi connectivity index (χ1) is 7.36. The van der Waals surface area contributed by atoms with E-state index >= 15 is 0 Å². The van der Waals surface area contributed by atoms with Gasteiger partial charge in [0.1, 0.15) is 7.05 Å². The molecule has 0 bridgehead atoms. The van der Waals surface area contributed by atoms with Gasteiger partial charge in [0, 0.05) is 18.2 Å². The zero-order valence-corrected chi connectivity index (χ0v) is 10.2. The molecule has 1 aromatic heterocycles. The van der Waals surface area contributed by atoms with Crippen LogP contribution >= 0.6 is 0 Å². The second-order valence-corrected chi connectivity index (χ2v) is 3.80. The molecule has 1 N–H and O–H groups in total. The van der Waals surface area contributed by atoms with Crippen LogP contribution in [0.15, 0.2) is 24.5 Å². The lowest BCUT2D eigenvalue weighted by molar-refractivity contribution is -0.671. The Labute approximate surface area is 93.3 Å². The molecule has 15 heavy (non-hydrogen) atoms. The first-order valence-electron chi connectivity index (χ1n) is 6.05. The summed E-state index contributed by atoms with van der Waals surface area (Å²) in [7, 11) is 2.05. The SMILES string of the molecule is CC.C[n+]1ccc(C2CCCCN2)cc1. The zero-order valence-electron chi connectivity index (χ0n) is 10.2. The molecule has 2 rings (SSSR count). The van der Waals surface area contributed by atoms with Gasteiger partial charge in [0.25, 0.3) is 0 Å². The highest BCUT2D eigenvalue weighted by Gasteiger charge is 2.14. The number of nitrogens with zero attached hydrogens (tertiary/aromatic N) is 1. The number of nitrogens with one attached hydrogen (secondary N) is 1. The normalized spacial score (nSPS) is 20.3. The molecule has 1 aliphatic heterocycles. The van der Waals surface area contributed by atoms with Crippen LogP contribution in [0.1, 0.15) is 44.7 Å². The van der Waals surface area contributed by atoms with Gasteiger partial charge in [-0.2, -0.15) is 0 Å². The third kappa shape index (κ3) is 3.63. The molecule has 84 valence electrons. The molecule has 1 atom stereocenters. The second kappa shape index (κ2) is 6.57. The Morgan fingerprint density at radius 2 is 1.87 bits per heavy atom. The average Bonchev–Trinajstić information content (AvgIpc) is 2.34. The largest absolute Gasteiger partial charge is 0.310 e. The maximum Gasteiger partial charge on any atom is 0.168 e. The minimum atomic E-state index is 0.593. The Hall–Kier alpha value is -0.890. The minimum Gasteiger partial charge on any atom is -0.310 e. The molecule has 0 amide bonds. The van der Waals surface area contributed by atoms with Crippen LogP contribution in [0.25, 0.3) is 0 Å². The molecule has 0 aromatic carbocycles. The van der Waals surface area contributed by atoms with E-state index in [1.807, 2.05) is 13.8 Å². The molecule has 0 saturated carbocycles. The predicted molar refractivity (Wildman–Crippen MR) is 63.6 cm³/mol. The van der Waals surface area contributed by atoms with E-state index in [0.717, 1.165) is 0 Å². The van der Waals surface area contributed by atoms with E-state index in [9.17, 15) is 0 Å². The van der Waals surface area contributed by atoms with E-state index in [1.165, 1.54) is 31.4 Å². The predicted octanol–water partition coefficient (Wildman–Crippen LogP) is 2.35. The summed E-state index contributed by atoms with van der Waals surface area (Å²) in [5.41, 5.74) is 1.43. The fraction of sp³-hybridized carbons (Fsp3) is 0.615. The number of aromatic nitrogens is 1. The summed E-state index contributed by atoms with van der Waals surface area (Å²) in [6, 6.07) is 5.02. The molecule has 2 heteroatoms. The molecule has 1 unspecified atom stereocenters. The van der Waals surface area contributed by atoms with Gasteiger partial charge in [-0.25, -0.2) is 4.57 Å². The van der Waals surface area contributed by atoms with Crippen molar-refractivity contribution in [2.45, 2.75) is 39.2 Å². The Morgan fingerprint density at radius 3 is 2.40 bits per heavy atom. The van der Waals surface area contributed by atoms with E-state index in [-0.39, 0.29) is 0 Å². The number of piperidine rings is 1. The van der Waals surface area contributed by atoms with Gasteiger partial charge < -0.3 is 5.32 Å². The van der Waals surface area contributed by atoms with Crippen LogP contribution in [-0.2, 0) is 7.05 Å². The molecule has 2 heterocycles. The summed E-state index contributed by atoms with van der Waals surface area (Å²) in [6.45, 7) is 5.17. The molecular weight excluding hydrogens is 184 g/mol. The molecule has 1 fully saturated rings. The Bertz CT molecular complexity index is 260. The fourth-order valence-corrected chi connectivity index (χ4v) is 1.88. The van der Waals surface area contributed by atoms with E-state index in [4.69, 9.17) is 0 Å². The third-order valence-electron chi connectivity index (χ3n) is 2.72. The molecule has 0 aliphatic carbocycles. The highest BCUT2D eigenvalue weighted by atomic mass is 14.9. The van der Waals surface area contributed by atoms with Crippen molar-refractivity contribution in [2.24, 2.45) is 7.05 Å². The van der Waals surface area contributed by atoms with Crippen molar-refractivity contribution in [3.05, 3.63) is 30.1 Å². The summed E-state index contributed by atoms with van der Waals surface area (Å²) < 4.78 is 2.08. The van der Waals surface area contributed by atoms with Crippen LogP contribution in [-0.4, -0.2) is 6.54 Å². The molecular formula is C13H23N2+. The van der Waals surface area contributed by atoms with Crippen molar-refractivity contribution < 1.29 is 4.57 Å².